The van der Waals surface area contributed by atoms with Crippen LogP contribution in [0.2, 0.25) is 0 Å². The van der Waals surface area contributed by atoms with E-state index in [1.165, 1.54) is 0 Å². The van der Waals surface area contributed by atoms with Crippen LogP contribution in [0.4, 0.5) is 0 Å². The molecule has 0 saturated carbocycles. The van der Waals surface area contributed by atoms with Gasteiger partial charge in [-0.25, -0.2) is 0 Å². The zero-order valence-corrected chi connectivity index (χ0v) is 11.8. The first kappa shape index (κ1) is 14.0. The molecule has 0 bridgehead atoms. The molecule has 6 heteroatoms. The fraction of sp³-hybridized carbons (Fsp3) is 0.769. The van der Waals surface area contributed by atoms with Crippen molar-refractivity contribution in [3.8, 4) is 0 Å². The molecule has 0 aromatic carbocycles. The SMILES string of the molecule is CCCCc1noc(CN2CCN(C(C)=O)CC2)n1. The Balaban J connectivity index is 1.79. The van der Waals surface area contributed by atoms with Crippen molar-refractivity contribution in [3.63, 3.8) is 0 Å². The smallest absolute Gasteiger partial charge is 0.240 e. The second-order valence-electron chi connectivity index (χ2n) is 4.99. The minimum absolute atomic E-state index is 0.152. The van der Waals surface area contributed by atoms with Crippen LogP contribution >= 0.6 is 0 Å². The highest BCUT2D eigenvalue weighted by molar-refractivity contribution is 5.73. The Morgan fingerprint density at radius 3 is 2.68 bits per heavy atom. The molecule has 0 unspecified atom stereocenters. The topological polar surface area (TPSA) is 62.5 Å². The predicted molar refractivity (Wildman–Crippen MR) is 70.4 cm³/mol. The first-order valence-electron chi connectivity index (χ1n) is 6.98. The van der Waals surface area contributed by atoms with Gasteiger partial charge in [-0.2, -0.15) is 4.98 Å². The van der Waals surface area contributed by atoms with Crippen LogP contribution in [-0.2, 0) is 17.8 Å². The maximum absolute atomic E-state index is 11.2. The van der Waals surface area contributed by atoms with Gasteiger partial charge in [0.15, 0.2) is 5.82 Å². The minimum atomic E-state index is 0.152. The van der Waals surface area contributed by atoms with Crippen molar-refractivity contribution in [2.45, 2.75) is 39.7 Å². The number of carbonyl (C=O) groups is 1. The molecule has 106 valence electrons. The van der Waals surface area contributed by atoms with E-state index >= 15 is 0 Å². The van der Waals surface area contributed by atoms with Crippen LogP contribution in [0.25, 0.3) is 0 Å². The quantitative estimate of drug-likeness (QED) is 0.798. The molecule has 1 amide bonds. The van der Waals surface area contributed by atoms with E-state index in [-0.39, 0.29) is 5.91 Å². The van der Waals surface area contributed by atoms with Crippen LogP contribution in [-0.4, -0.2) is 52.0 Å². The standard InChI is InChI=1S/C13H22N4O2/c1-3-4-5-12-14-13(19-15-12)10-16-6-8-17(9-7-16)11(2)18/h3-10H2,1-2H3. The molecule has 6 nitrogen and oxygen atoms in total. The highest BCUT2D eigenvalue weighted by Gasteiger charge is 2.20. The molecule has 1 aromatic rings. The number of hydrogen-bond acceptors (Lipinski definition) is 5. The fourth-order valence-corrected chi connectivity index (χ4v) is 2.20. The van der Waals surface area contributed by atoms with Gasteiger partial charge in [0, 0.05) is 39.5 Å². The Kier molecular flexibility index (Phi) is 4.90. The van der Waals surface area contributed by atoms with Crippen LogP contribution in [0.15, 0.2) is 4.52 Å². The summed E-state index contributed by atoms with van der Waals surface area (Å²) in [5.41, 5.74) is 0. The van der Waals surface area contributed by atoms with Gasteiger partial charge >= 0.3 is 0 Å². The van der Waals surface area contributed by atoms with Gasteiger partial charge in [-0.1, -0.05) is 18.5 Å². The second kappa shape index (κ2) is 6.65. The lowest BCUT2D eigenvalue weighted by Gasteiger charge is -2.33. The van der Waals surface area contributed by atoms with Crippen molar-refractivity contribution in [1.82, 2.24) is 19.9 Å². The number of nitrogens with zero attached hydrogens (tertiary/aromatic N) is 4. The van der Waals surface area contributed by atoms with Crippen molar-refractivity contribution in [2.24, 2.45) is 0 Å². The van der Waals surface area contributed by atoms with E-state index in [0.717, 1.165) is 51.3 Å². The van der Waals surface area contributed by atoms with Crippen molar-refractivity contribution >= 4 is 5.91 Å². The number of piperazine rings is 1. The molecule has 2 rings (SSSR count). The zero-order chi connectivity index (χ0) is 13.7. The van der Waals surface area contributed by atoms with E-state index in [4.69, 9.17) is 4.52 Å². The summed E-state index contributed by atoms with van der Waals surface area (Å²) >= 11 is 0. The average Bonchev–Trinajstić information content (AvgIpc) is 2.84. The maximum Gasteiger partial charge on any atom is 0.240 e. The van der Waals surface area contributed by atoms with Crippen LogP contribution in [0, 0.1) is 0 Å². The summed E-state index contributed by atoms with van der Waals surface area (Å²) in [5, 5.41) is 3.99. The third-order valence-corrected chi connectivity index (χ3v) is 3.44. The molecule has 0 atom stereocenters. The summed E-state index contributed by atoms with van der Waals surface area (Å²) in [6, 6.07) is 0. The van der Waals surface area contributed by atoms with Crippen LogP contribution in [0.1, 0.15) is 38.4 Å². The van der Waals surface area contributed by atoms with E-state index < -0.39 is 0 Å². The molecule has 0 N–H and O–H groups in total. The van der Waals surface area contributed by atoms with Gasteiger partial charge in [0.2, 0.25) is 11.8 Å². The number of aryl methyl sites for hydroxylation is 1. The van der Waals surface area contributed by atoms with Crippen molar-refractivity contribution in [3.05, 3.63) is 11.7 Å². The summed E-state index contributed by atoms with van der Waals surface area (Å²) in [6.45, 7) is 7.75. The normalized spacial score (nSPS) is 16.8. The Morgan fingerprint density at radius 2 is 2.05 bits per heavy atom. The maximum atomic E-state index is 11.2. The van der Waals surface area contributed by atoms with E-state index in [9.17, 15) is 4.79 Å². The lowest BCUT2D eigenvalue weighted by molar-refractivity contribution is -0.130. The Morgan fingerprint density at radius 1 is 1.32 bits per heavy atom. The Labute approximate surface area is 113 Å². The first-order valence-corrected chi connectivity index (χ1v) is 6.98. The van der Waals surface area contributed by atoms with Gasteiger partial charge in [0.05, 0.1) is 6.54 Å². The van der Waals surface area contributed by atoms with E-state index in [2.05, 4.69) is 22.0 Å². The molecule has 19 heavy (non-hydrogen) atoms. The van der Waals surface area contributed by atoms with Crippen LogP contribution in [0.5, 0.6) is 0 Å². The number of aromatic nitrogens is 2. The van der Waals surface area contributed by atoms with Crippen molar-refractivity contribution in [1.29, 1.82) is 0 Å². The molecule has 0 radical (unpaired) electrons. The number of unbranched alkanes of at least 4 members (excludes halogenated alkanes) is 1. The van der Waals surface area contributed by atoms with Gasteiger partial charge in [-0.15, -0.1) is 0 Å². The van der Waals surface area contributed by atoms with Gasteiger partial charge in [0.1, 0.15) is 0 Å². The monoisotopic (exact) mass is 266 g/mol. The first-order chi connectivity index (χ1) is 9.19. The third-order valence-electron chi connectivity index (χ3n) is 3.44. The molecule has 0 aliphatic carbocycles. The summed E-state index contributed by atoms with van der Waals surface area (Å²) in [7, 11) is 0. The Hall–Kier alpha value is -1.43. The van der Waals surface area contributed by atoms with Gasteiger partial charge < -0.3 is 9.42 Å². The lowest BCUT2D eigenvalue weighted by atomic mass is 10.2. The minimum Gasteiger partial charge on any atom is -0.340 e. The van der Waals surface area contributed by atoms with Crippen LogP contribution < -0.4 is 0 Å². The number of carbonyl (C=O) groups excluding carboxylic acids is 1. The Bertz CT molecular complexity index is 411. The lowest BCUT2D eigenvalue weighted by Crippen LogP contribution is -2.47. The van der Waals surface area contributed by atoms with Gasteiger partial charge in [-0.05, 0) is 6.42 Å². The molecule has 1 aliphatic rings. The molecule has 2 heterocycles. The highest BCUT2D eigenvalue weighted by atomic mass is 16.5. The van der Waals surface area contributed by atoms with Crippen molar-refractivity contribution in [2.75, 3.05) is 26.2 Å². The van der Waals surface area contributed by atoms with E-state index in [1.807, 2.05) is 4.90 Å². The van der Waals surface area contributed by atoms with Crippen molar-refractivity contribution < 1.29 is 9.32 Å². The summed E-state index contributed by atoms with van der Waals surface area (Å²) < 4.78 is 5.26. The molecular weight excluding hydrogens is 244 g/mol. The number of hydrogen-bond donors (Lipinski definition) is 0. The number of amides is 1. The summed E-state index contributed by atoms with van der Waals surface area (Å²) in [6.07, 6.45) is 3.12. The molecular formula is C13H22N4O2. The third kappa shape index (κ3) is 4.02. The highest BCUT2D eigenvalue weighted by Crippen LogP contribution is 2.08. The van der Waals surface area contributed by atoms with E-state index in [0.29, 0.717) is 12.4 Å². The molecule has 1 saturated heterocycles. The summed E-state index contributed by atoms with van der Waals surface area (Å²) in [4.78, 5) is 19.7. The van der Waals surface area contributed by atoms with Crippen LogP contribution in [0.3, 0.4) is 0 Å². The average molecular weight is 266 g/mol. The molecule has 1 aromatic heterocycles. The summed E-state index contributed by atoms with van der Waals surface area (Å²) in [5.74, 6) is 1.64. The zero-order valence-electron chi connectivity index (χ0n) is 11.8. The fourth-order valence-electron chi connectivity index (χ4n) is 2.20. The van der Waals surface area contributed by atoms with Gasteiger partial charge in [0.25, 0.3) is 0 Å². The molecule has 1 aliphatic heterocycles. The second-order valence-corrected chi connectivity index (χ2v) is 4.99. The van der Waals surface area contributed by atoms with Gasteiger partial charge in [-0.3, -0.25) is 9.69 Å². The largest absolute Gasteiger partial charge is 0.340 e. The number of rotatable bonds is 5. The molecule has 0 spiro atoms. The molecule has 1 fully saturated rings. The van der Waals surface area contributed by atoms with E-state index in [1.54, 1.807) is 6.92 Å². The predicted octanol–water partition coefficient (Wildman–Crippen LogP) is 1.08.